The Balaban J connectivity index is 1.62. The Morgan fingerprint density at radius 2 is 1.24 bits per heavy atom. The molecule has 4 aromatic carbocycles. The number of nitrogens with zero attached hydrogens (tertiary/aromatic N) is 3. The molecule has 3 aromatic heterocycles. The molecule has 0 atom stereocenters. The monoisotopic (exact) mass is 528 g/mol. The van der Waals surface area contributed by atoms with Crippen LogP contribution in [0.4, 0.5) is 0 Å². The minimum Gasteiger partial charge on any atom is -0.303 e. The third kappa shape index (κ3) is 4.32. The lowest BCUT2D eigenvalue weighted by molar-refractivity contribution is -0.660. The van der Waals surface area contributed by atoms with Gasteiger partial charge in [0.25, 0.3) is 0 Å². The van der Waals surface area contributed by atoms with Gasteiger partial charge in [0.15, 0.2) is 6.20 Å². The highest BCUT2D eigenvalue weighted by molar-refractivity contribution is 5.97. The summed E-state index contributed by atoms with van der Waals surface area (Å²) in [5.74, 6) is 0. The van der Waals surface area contributed by atoms with Crippen molar-refractivity contribution in [3.63, 3.8) is 0 Å². The molecule has 41 heavy (non-hydrogen) atoms. The van der Waals surface area contributed by atoms with E-state index in [0.29, 0.717) is 0 Å². The number of pyridine rings is 2. The fourth-order valence-corrected chi connectivity index (χ4v) is 5.92. The Kier molecular flexibility index (Phi) is 6.25. The first-order valence-corrected chi connectivity index (χ1v) is 14.0. The number of rotatable bonds is 5. The van der Waals surface area contributed by atoms with Crippen LogP contribution in [0.5, 0.6) is 0 Å². The Hall–Kier alpha value is -5.28. The van der Waals surface area contributed by atoms with Crippen molar-refractivity contribution in [1.82, 2.24) is 9.55 Å². The molecule has 0 spiro atoms. The normalized spacial score (nSPS) is 11.2. The molecule has 0 aliphatic carbocycles. The second-order valence-electron chi connectivity index (χ2n) is 10.4. The molecule has 0 radical (unpaired) electrons. The number of hydrogen-bond donors (Lipinski definition) is 0. The van der Waals surface area contributed by atoms with Crippen LogP contribution in [0.2, 0.25) is 0 Å². The fraction of sp³-hybridized carbons (Fsp3) is 0.0526. The van der Waals surface area contributed by atoms with Crippen LogP contribution in [0, 0.1) is 6.92 Å². The minimum atomic E-state index is 0.962. The highest BCUT2D eigenvalue weighted by Gasteiger charge is 2.27. The second kappa shape index (κ2) is 10.4. The third-order valence-corrected chi connectivity index (χ3v) is 7.91. The van der Waals surface area contributed by atoms with Gasteiger partial charge in [-0.1, -0.05) is 103 Å². The van der Waals surface area contributed by atoms with Crippen molar-refractivity contribution >= 4 is 10.9 Å². The van der Waals surface area contributed by atoms with E-state index < -0.39 is 0 Å². The molecule has 0 aliphatic heterocycles. The van der Waals surface area contributed by atoms with Crippen LogP contribution >= 0.6 is 0 Å². The molecule has 3 heterocycles. The lowest BCUT2D eigenvalue weighted by Gasteiger charge is -2.20. The largest absolute Gasteiger partial charge is 0.303 e. The SMILES string of the molecule is Cc1c(-c2cc(-c3ccccn3)cc[n+]2C)n(-c2c(-c3ccccc3)cccc2-c2ccccc2)c2ccccc12. The van der Waals surface area contributed by atoms with Crippen molar-refractivity contribution in [3.05, 3.63) is 151 Å². The van der Waals surface area contributed by atoms with Crippen molar-refractivity contribution in [2.45, 2.75) is 6.92 Å². The number of fused-ring (bicyclic) bond motifs is 1. The molecule has 0 unspecified atom stereocenters. The van der Waals surface area contributed by atoms with Crippen molar-refractivity contribution in [1.29, 1.82) is 0 Å². The van der Waals surface area contributed by atoms with Gasteiger partial charge < -0.3 is 4.57 Å². The van der Waals surface area contributed by atoms with Gasteiger partial charge in [-0.25, -0.2) is 0 Å². The maximum Gasteiger partial charge on any atom is 0.230 e. The van der Waals surface area contributed by atoms with Gasteiger partial charge in [-0.15, -0.1) is 0 Å². The number of aromatic nitrogens is 3. The van der Waals surface area contributed by atoms with E-state index in [4.69, 9.17) is 0 Å². The molecule has 196 valence electrons. The summed E-state index contributed by atoms with van der Waals surface area (Å²) in [7, 11) is 2.13. The van der Waals surface area contributed by atoms with Crippen molar-refractivity contribution in [2.24, 2.45) is 7.05 Å². The van der Waals surface area contributed by atoms with Crippen LogP contribution in [0.1, 0.15) is 5.56 Å². The molecule has 0 bridgehead atoms. The molecular weight excluding hydrogens is 498 g/mol. The summed E-state index contributed by atoms with van der Waals surface area (Å²) in [6.07, 6.45) is 3.99. The van der Waals surface area contributed by atoms with Gasteiger partial charge in [-0.2, -0.15) is 4.57 Å². The van der Waals surface area contributed by atoms with Crippen LogP contribution in [0.3, 0.4) is 0 Å². The molecule has 0 saturated carbocycles. The Bertz CT molecular complexity index is 1930. The van der Waals surface area contributed by atoms with Gasteiger partial charge in [0, 0.05) is 40.4 Å². The molecular formula is C38H30N3+. The van der Waals surface area contributed by atoms with Gasteiger partial charge in [0.1, 0.15) is 12.7 Å². The predicted molar refractivity (Wildman–Crippen MR) is 169 cm³/mol. The molecule has 3 nitrogen and oxygen atoms in total. The van der Waals surface area contributed by atoms with Crippen LogP contribution < -0.4 is 4.57 Å². The van der Waals surface area contributed by atoms with Crippen LogP contribution in [-0.2, 0) is 7.05 Å². The van der Waals surface area contributed by atoms with E-state index in [2.05, 4.69) is 156 Å². The Morgan fingerprint density at radius 3 is 1.90 bits per heavy atom. The van der Waals surface area contributed by atoms with Crippen LogP contribution in [0.25, 0.3) is 61.5 Å². The van der Waals surface area contributed by atoms with E-state index in [0.717, 1.165) is 17.0 Å². The van der Waals surface area contributed by atoms with Crippen LogP contribution in [0.15, 0.2) is 146 Å². The van der Waals surface area contributed by atoms with Crippen LogP contribution in [-0.4, -0.2) is 9.55 Å². The molecule has 0 saturated heterocycles. The zero-order chi connectivity index (χ0) is 27.8. The third-order valence-electron chi connectivity index (χ3n) is 7.91. The van der Waals surface area contributed by atoms with Crippen molar-refractivity contribution in [3.8, 4) is 50.6 Å². The molecule has 7 aromatic rings. The number of aryl methyl sites for hydroxylation is 2. The molecule has 0 aliphatic rings. The van der Waals surface area contributed by atoms with Gasteiger partial charge >= 0.3 is 0 Å². The van der Waals surface area contributed by atoms with E-state index in [1.165, 1.54) is 50.1 Å². The summed E-state index contributed by atoms with van der Waals surface area (Å²) in [5.41, 5.74) is 12.7. The van der Waals surface area contributed by atoms with Crippen molar-refractivity contribution < 1.29 is 4.57 Å². The lowest BCUT2D eigenvalue weighted by atomic mass is 9.95. The summed E-state index contributed by atoms with van der Waals surface area (Å²) >= 11 is 0. The first-order valence-electron chi connectivity index (χ1n) is 14.0. The molecule has 0 amide bonds. The quantitative estimate of drug-likeness (QED) is 0.205. The molecule has 0 N–H and O–H groups in total. The number of hydrogen-bond acceptors (Lipinski definition) is 1. The average Bonchev–Trinajstić information content (AvgIpc) is 3.33. The van der Waals surface area contributed by atoms with E-state index in [1.54, 1.807) is 0 Å². The summed E-state index contributed by atoms with van der Waals surface area (Å²) in [4.78, 5) is 4.65. The number of para-hydroxylation sites is 2. The van der Waals surface area contributed by atoms with Gasteiger partial charge in [-0.3, -0.25) is 4.98 Å². The average molecular weight is 529 g/mol. The maximum absolute atomic E-state index is 4.65. The zero-order valence-electron chi connectivity index (χ0n) is 23.2. The zero-order valence-corrected chi connectivity index (χ0v) is 23.2. The van der Waals surface area contributed by atoms with Gasteiger partial charge in [0.2, 0.25) is 5.69 Å². The highest BCUT2D eigenvalue weighted by Crippen LogP contribution is 2.42. The first kappa shape index (κ1) is 24.7. The molecule has 3 heteroatoms. The lowest BCUT2D eigenvalue weighted by Crippen LogP contribution is -2.31. The van der Waals surface area contributed by atoms with E-state index in [-0.39, 0.29) is 0 Å². The standard InChI is InChI=1S/C38H30N3/c1-27-31-18-9-10-22-35(31)41(37(27)36-26-30(23-25-40(36)2)34-21-11-12-24-39-34)38-32(28-14-5-3-6-15-28)19-13-20-33(38)29-16-7-4-8-17-29/h3-26H,1-2H3/q+1. The summed E-state index contributed by atoms with van der Waals surface area (Å²) < 4.78 is 4.70. The fourth-order valence-electron chi connectivity index (χ4n) is 5.92. The second-order valence-corrected chi connectivity index (χ2v) is 10.4. The summed E-state index contributed by atoms with van der Waals surface area (Å²) in [5, 5.41) is 1.24. The van der Waals surface area contributed by atoms with E-state index >= 15 is 0 Å². The van der Waals surface area contributed by atoms with Crippen molar-refractivity contribution in [2.75, 3.05) is 0 Å². The van der Waals surface area contributed by atoms with E-state index in [9.17, 15) is 0 Å². The van der Waals surface area contributed by atoms with E-state index in [1.807, 2.05) is 18.3 Å². The minimum absolute atomic E-state index is 0.962. The highest BCUT2D eigenvalue weighted by atomic mass is 15.0. The first-order chi connectivity index (χ1) is 20.2. The Labute approximate surface area is 240 Å². The molecule has 7 rings (SSSR count). The Morgan fingerprint density at radius 1 is 0.610 bits per heavy atom. The van der Waals surface area contributed by atoms with Gasteiger partial charge in [0.05, 0.1) is 16.9 Å². The molecule has 0 fully saturated rings. The topological polar surface area (TPSA) is 21.7 Å². The summed E-state index contributed by atoms with van der Waals surface area (Å²) in [6, 6.07) is 47.3. The predicted octanol–water partition coefficient (Wildman–Crippen LogP) is 8.83. The smallest absolute Gasteiger partial charge is 0.230 e. The maximum atomic E-state index is 4.65. The number of benzene rings is 4. The summed E-state index contributed by atoms with van der Waals surface area (Å²) in [6.45, 7) is 2.24. The van der Waals surface area contributed by atoms with Gasteiger partial charge in [-0.05, 0) is 41.8 Å².